The van der Waals surface area contributed by atoms with Crippen molar-refractivity contribution in [3.63, 3.8) is 0 Å². The predicted octanol–water partition coefficient (Wildman–Crippen LogP) is 6.82. The van der Waals surface area contributed by atoms with Gasteiger partial charge in [0.05, 0.1) is 17.2 Å². The van der Waals surface area contributed by atoms with Gasteiger partial charge in [-0.25, -0.2) is 4.57 Å². The van der Waals surface area contributed by atoms with Gasteiger partial charge in [0.25, 0.3) is 0 Å². The zero-order valence-corrected chi connectivity index (χ0v) is 20.0. The van der Waals surface area contributed by atoms with Crippen molar-refractivity contribution in [1.82, 2.24) is 0 Å². The van der Waals surface area contributed by atoms with Crippen molar-refractivity contribution < 1.29 is 15.1 Å². The molecule has 1 aliphatic heterocycles. The van der Waals surface area contributed by atoms with Gasteiger partial charge >= 0.3 is 0 Å². The second-order valence-electron chi connectivity index (χ2n) is 9.20. The molecule has 0 amide bonds. The number of rotatable bonds is 3. The van der Waals surface area contributed by atoms with E-state index in [9.17, 15) is 5.26 Å². The van der Waals surface area contributed by atoms with Crippen LogP contribution < -0.4 is 4.57 Å². The van der Waals surface area contributed by atoms with E-state index in [0.29, 0.717) is 37.2 Å². The highest BCUT2D eigenvalue weighted by Crippen LogP contribution is 2.42. The Morgan fingerprint density at radius 2 is 1.63 bits per heavy atom. The minimum Gasteiger partial charge on any atom is -0.454 e. The van der Waals surface area contributed by atoms with Gasteiger partial charge in [0.2, 0.25) is 5.69 Å². The Bertz CT molecular complexity index is 1650. The van der Waals surface area contributed by atoms with Crippen molar-refractivity contribution in [2.75, 3.05) is 13.2 Å². The van der Waals surface area contributed by atoms with Gasteiger partial charge in [-0.15, -0.1) is 0 Å². The van der Waals surface area contributed by atoms with Crippen LogP contribution in [0.2, 0.25) is 0 Å². The number of aryl methyl sites for hydroxylation is 2. The van der Waals surface area contributed by atoms with Crippen LogP contribution in [0.1, 0.15) is 36.8 Å². The topological polar surface area (TPSA) is 50.0 Å². The average molecular weight is 461 g/mol. The number of fused-ring (bicyclic) bond motifs is 3. The van der Waals surface area contributed by atoms with E-state index < -0.39 is 5.89 Å². The number of furan rings is 1. The van der Waals surface area contributed by atoms with E-state index in [-0.39, 0.29) is 0 Å². The van der Waals surface area contributed by atoms with Crippen LogP contribution >= 0.6 is 0 Å². The molecule has 0 bridgehead atoms. The Balaban J connectivity index is 1.57. The van der Waals surface area contributed by atoms with Crippen molar-refractivity contribution in [2.45, 2.75) is 25.7 Å². The van der Waals surface area contributed by atoms with Gasteiger partial charge in [-0.2, -0.15) is 5.26 Å². The minimum atomic E-state index is -0.627. The smallest absolute Gasteiger partial charge is 0.216 e. The quantitative estimate of drug-likeness (QED) is 0.278. The van der Waals surface area contributed by atoms with Gasteiger partial charge in [-0.05, 0) is 60.5 Å². The Morgan fingerprint density at radius 3 is 2.34 bits per heavy atom. The summed E-state index contributed by atoms with van der Waals surface area (Å²) in [7, 11) is 2.04. The molecule has 1 aliphatic rings. The fourth-order valence-corrected chi connectivity index (χ4v) is 5.26. The molecule has 2 aromatic heterocycles. The van der Waals surface area contributed by atoms with Crippen LogP contribution in [0.5, 0.6) is 0 Å². The van der Waals surface area contributed by atoms with E-state index in [1.165, 1.54) is 0 Å². The molecule has 3 heterocycles. The standard InChI is InChI=1S/C31H27N2O2/c1-20-6-12-25-26-13-11-24(19-32)29(23-9-7-21(8-10-23)22-14-17-34-18-15-22)31(26)35-30(25)28(20)27-5-3-4-16-33(27)2/h3-13,16,22H,14-15,17-18H2,1-2H3/q+1/i22D. The van der Waals surface area contributed by atoms with Gasteiger partial charge in [-0.3, -0.25) is 0 Å². The molecule has 0 unspecified atom stereocenters. The van der Waals surface area contributed by atoms with Crippen molar-refractivity contribution in [1.29, 1.82) is 5.26 Å². The summed E-state index contributed by atoms with van der Waals surface area (Å²) in [6.45, 7) is 3.33. The molecule has 172 valence electrons. The summed E-state index contributed by atoms with van der Waals surface area (Å²) in [6.07, 6.45) is 3.41. The number of pyridine rings is 1. The van der Waals surface area contributed by atoms with Gasteiger partial charge in [0, 0.05) is 43.1 Å². The van der Waals surface area contributed by atoms with Crippen molar-refractivity contribution in [3.8, 4) is 28.5 Å². The van der Waals surface area contributed by atoms with E-state index in [2.05, 4.69) is 35.8 Å². The first-order valence-electron chi connectivity index (χ1n) is 12.5. The lowest BCUT2D eigenvalue weighted by molar-refractivity contribution is -0.660. The number of nitriles is 1. The molecule has 6 rings (SSSR count). The van der Waals surface area contributed by atoms with E-state index >= 15 is 0 Å². The Hall–Kier alpha value is -3.94. The summed E-state index contributed by atoms with van der Waals surface area (Å²) in [5.74, 6) is -0.627. The highest BCUT2D eigenvalue weighted by molar-refractivity contribution is 6.13. The van der Waals surface area contributed by atoms with E-state index in [4.69, 9.17) is 10.5 Å². The van der Waals surface area contributed by atoms with E-state index in [1.807, 2.05) is 61.8 Å². The number of ether oxygens (including phenoxy) is 1. The molecule has 35 heavy (non-hydrogen) atoms. The molecular weight excluding hydrogens is 432 g/mol. The molecule has 3 aromatic carbocycles. The minimum absolute atomic E-state index is 0.574. The van der Waals surface area contributed by atoms with Crippen LogP contribution in [0.25, 0.3) is 44.3 Å². The third kappa shape index (κ3) is 3.60. The molecule has 0 radical (unpaired) electrons. The average Bonchev–Trinajstić information content (AvgIpc) is 3.28. The maximum absolute atomic E-state index is 9.99. The van der Waals surface area contributed by atoms with Crippen LogP contribution in [-0.4, -0.2) is 13.2 Å². The van der Waals surface area contributed by atoms with Crippen LogP contribution in [0.3, 0.4) is 0 Å². The zero-order valence-electron chi connectivity index (χ0n) is 21.0. The van der Waals surface area contributed by atoms with Crippen molar-refractivity contribution in [3.05, 3.63) is 89.6 Å². The number of aromatic nitrogens is 1. The van der Waals surface area contributed by atoms with Crippen LogP contribution in [0, 0.1) is 18.3 Å². The molecule has 1 fully saturated rings. The maximum Gasteiger partial charge on any atom is 0.216 e. The second-order valence-corrected chi connectivity index (χ2v) is 9.20. The van der Waals surface area contributed by atoms with Gasteiger partial charge in [-0.1, -0.05) is 36.4 Å². The third-order valence-electron chi connectivity index (χ3n) is 7.13. The summed E-state index contributed by atoms with van der Waals surface area (Å²) in [4.78, 5) is 0. The highest BCUT2D eigenvalue weighted by atomic mass is 16.5. The first-order chi connectivity index (χ1) is 17.5. The van der Waals surface area contributed by atoms with Crippen LogP contribution in [-0.2, 0) is 11.8 Å². The van der Waals surface area contributed by atoms with Crippen LogP contribution in [0.4, 0.5) is 0 Å². The summed E-state index contributed by atoms with van der Waals surface area (Å²) >= 11 is 0. The molecule has 1 saturated heterocycles. The Morgan fingerprint density at radius 1 is 0.914 bits per heavy atom. The van der Waals surface area contributed by atoms with Crippen LogP contribution in [0.15, 0.2) is 77.3 Å². The zero-order chi connectivity index (χ0) is 24.9. The first kappa shape index (κ1) is 20.4. The lowest BCUT2D eigenvalue weighted by atomic mass is 9.89. The normalized spacial score (nSPS) is 15.7. The first-order valence-corrected chi connectivity index (χ1v) is 12.0. The fraction of sp³-hybridized carbons (Fsp3) is 0.226. The summed E-state index contributed by atoms with van der Waals surface area (Å²) in [5, 5.41) is 12.0. The summed E-state index contributed by atoms with van der Waals surface area (Å²) < 4.78 is 23.1. The van der Waals surface area contributed by atoms with Crippen molar-refractivity contribution in [2.24, 2.45) is 7.05 Å². The number of hydrogen-bond donors (Lipinski definition) is 0. The molecule has 5 aromatic rings. The molecule has 0 saturated carbocycles. The second kappa shape index (κ2) is 8.69. The van der Waals surface area contributed by atoms with Gasteiger partial charge in [0.15, 0.2) is 6.20 Å². The molecule has 0 N–H and O–H groups in total. The molecule has 4 nitrogen and oxygen atoms in total. The Labute approximate surface area is 206 Å². The van der Waals surface area contributed by atoms with Crippen molar-refractivity contribution >= 4 is 21.9 Å². The monoisotopic (exact) mass is 460 g/mol. The lowest BCUT2D eigenvalue weighted by Crippen LogP contribution is -2.30. The highest BCUT2D eigenvalue weighted by Gasteiger charge is 2.23. The summed E-state index contributed by atoms with van der Waals surface area (Å²) in [5.41, 5.74) is 8.08. The Kier molecular flexibility index (Phi) is 5.07. The van der Waals surface area contributed by atoms with Gasteiger partial charge in [0.1, 0.15) is 18.2 Å². The largest absolute Gasteiger partial charge is 0.454 e. The maximum atomic E-state index is 9.99. The number of nitrogens with zero attached hydrogens (tertiary/aromatic N) is 2. The van der Waals surface area contributed by atoms with Gasteiger partial charge < -0.3 is 9.15 Å². The molecule has 0 atom stereocenters. The molecular formula is C31H27N2O2+. The predicted molar refractivity (Wildman–Crippen MR) is 138 cm³/mol. The van der Waals surface area contributed by atoms with E-state index in [1.54, 1.807) is 0 Å². The number of benzene rings is 3. The lowest BCUT2D eigenvalue weighted by Gasteiger charge is -2.22. The third-order valence-corrected chi connectivity index (χ3v) is 7.13. The van der Waals surface area contributed by atoms with E-state index in [0.717, 1.165) is 49.9 Å². The molecule has 0 spiro atoms. The number of hydrogen-bond acceptors (Lipinski definition) is 3. The molecule has 4 heteroatoms. The fourth-order valence-electron chi connectivity index (χ4n) is 5.26. The summed E-state index contributed by atoms with van der Waals surface area (Å²) in [6, 6.07) is 24.7. The SMILES string of the molecule is [2H]C1(c2ccc(-c3c(C#N)ccc4c3oc3c(-c5cccc[n+]5C)c(C)ccc34)cc2)CCOCC1. The molecule has 0 aliphatic carbocycles.